The topological polar surface area (TPSA) is 38.3 Å². The normalized spacial score (nSPS) is 18.1. The standard InChI is InChI=1S/C15H21NO2/c1-12(13-8-4-2-5-9-13)16-15(17)18-14-10-6-3-7-11-14/h3,6-7,10-13H,2,4-5,8-9H2,1H3,(H,16,17)/t12-/m0/s1. The molecule has 1 atom stereocenters. The Balaban J connectivity index is 1.79. The van der Waals surface area contributed by atoms with Gasteiger partial charge in [-0.1, -0.05) is 37.5 Å². The number of carbonyl (C=O) groups excluding carboxylic acids is 1. The lowest BCUT2D eigenvalue weighted by atomic mass is 9.85. The van der Waals surface area contributed by atoms with Gasteiger partial charge in [-0.25, -0.2) is 4.79 Å². The highest BCUT2D eigenvalue weighted by atomic mass is 16.6. The van der Waals surface area contributed by atoms with Crippen LogP contribution < -0.4 is 10.1 Å². The number of hydrogen-bond acceptors (Lipinski definition) is 2. The van der Waals surface area contributed by atoms with Crippen LogP contribution in [0.15, 0.2) is 30.3 Å². The molecule has 0 spiro atoms. The Hall–Kier alpha value is -1.51. The first-order chi connectivity index (χ1) is 8.75. The molecular weight excluding hydrogens is 226 g/mol. The average molecular weight is 247 g/mol. The van der Waals surface area contributed by atoms with Crippen LogP contribution in [0.1, 0.15) is 39.0 Å². The van der Waals surface area contributed by atoms with Gasteiger partial charge in [0.1, 0.15) is 5.75 Å². The van der Waals surface area contributed by atoms with E-state index in [-0.39, 0.29) is 12.1 Å². The van der Waals surface area contributed by atoms with Crippen molar-refractivity contribution in [2.24, 2.45) is 5.92 Å². The summed E-state index contributed by atoms with van der Waals surface area (Å²) < 4.78 is 5.23. The molecule has 1 amide bonds. The Morgan fingerprint density at radius 2 is 1.89 bits per heavy atom. The molecule has 1 fully saturated rings. The Labute approximate surface area is 109 Å². The van der Waals surface area contributed by atoms with Crippen LogP contribution in [0, 0.1) is 5.92 Å². The average Bonchev–Trinajstić information content (AvgIpc) is 2.40. The van der Waals surface area contributed by atoms with Gasteiger partial charge in [-0.15, -0.1) is 0 Å². The summed E-state index contributed by atoms with van der Waals surface area (Å²) >= 11 is 0. The van der Waals surface area contributed by atoms with Gasteiger partial charge in [-0.05, 0) is 37.8 Å². The zero-order valence-electron chi connectivity index (χ0n) is 10.9. The SMILES string of the molecule is C[C@H](NC(=O)Oc1ccccc1)C1CCCCC1. The molecule has 0 radical (unpaired) electrons. The maximum Gasteiger partial charge on any atom is 0.412 e. The van der Waals surface area contributed by atoms with Crippen LogP contribution in [-0.2, 0) is 0 Å². The molecule has 0 unspecified atom stereocenters. The van der Waals surface area contributed by atoms with Crippen molar-refractivity contribution in [3.8, 4) is 5.75 Å². The third-order valence-corrected chi connectivity index (χ3v) is 3.66. The molecule has 0 aromatic heterocycles. The van der Waals surface area contributed by atoms with Crippen molar-refractivity contribution in [1.82, 2.24) is 5.32 Å². The number of benzene rings is 1. The van der Waals surface area contributed by atoms with Gasteiger partial charge < -0.3 is 10.1 Å². The van der Waals surface area contributed by atoms with Crippen molar-refractivity contribution in [3.05, 3.63) is 30.3 Å². The van der Waals surface area contributed by atoms with E-state index in [1.807, 2.05) is 18.2 Å². The molecule has 1 saturated carbocycles. The number of ether oxygens (including phenoxy) is 1. The van der Waals surface area contributed by atoms with Crippen LogP contribution in [0.4, 0.5) is 4.79 Å². The molecule has 1 aliphatic rings. The van der Waals surface area contributed by atoms with E-state index >= 15 is 0 Å². The number of nitrogens with one attached hydrogen (secondary N) is 1. The fourth-order valence-corrected chi connectivity index (χ4v) is 2.56. The zero-order valence-corrected chi connectivity index (χ0v) is 10.9. The second kappa shape index (κ2) is 6.43. The number of rotatable bonds is 3. The number of amides is 1. The lowest BCUT2D eigenvalue weighted by molar-refractivity contribution is 0.187. The number of carbonyl (C=O) groups is 1. The molecule has 0 bridgehead atoms. The Morgan fingerprint density at radius 1 is 1.22 bits per heavy atom. The molecule has 3 nitrogen and oxygen atoms in total. The minimum Gasteiger partial charge on any atom is -0.410 e. The largest absolute Gasteiger partial charge is 0.412 e. The molecule has 1 N–H and O–H groups in total. The molecule has 1 aliphatic carbocycles. The van der Waals surface area contributed by atoms with E-state index in [2.05, 4.69) is 12.2 Å². The van der Waals surface area contributed by atoms with Gasteiger partial charge in [0, 0.05) is 6.04 Å². The molecular formula is C15H21NO2. The van der Waals surface area contributed by atoms with E-state index in [1.165, 1.54) is 32.1 Å². The third kappa shape index (κ3) is 3.76. The van der Waals surface area contributed by atoms with Gasteiger partial charge in [-0.2, -0.15) is 0 Å². The lowest BCUT2D eigenvalue weighted by Gasteiger charge is -2.27. The van der Waals surface area contributed by atoms with Crippen LogP contribution in [0.3, 0.4) is 0 Å². The van der Waals surface area contributed by atoms with Crippen LogP contribution in [0.25, 0.3) is 0 Å². The minimum absolute atomic E-state index is 0.196. The first-order valence-electron chi connectivity index (χ1n) is 6.79. The van der Waals surface area contributed by atoms with E-state index in [0.29, 0.717) is 11.7 Å². The molecule has 2 rings (SSSR count). The summed E-state index contributed by atoms with van der Waals surface area (Å²) in [6, 6.07) is 9.37. The fraction of sp³-hybridized carbons (Fsp3) is 0.533. The Morgan fingerprint density at radius 3 is 2.56 bits per heavy atom. The molecule has 18 heavy (non-hydrogen) atoms. The van der Waals surface area contributed by atoms with E-state index in [4.69, 9.17) is 4.74 Å². The lowest BCUT2D eigenvalue weighted by Crippen LogP contribution is -2.40. The fourth-order valence-electron chi connectivity index (χ4n) is 2.56. The van der Waals surface area contributed by atoms with Gasteiger partial charge in [0.2, 0.25) is 0 Å². The summed E-state index contributed by atoms with van der Waals surface area (Å²) in [5, 5.41) is 2.94. The number of hydrogen-bond donors (Lipinski definition) is 1. The van der Waals surface area contributed by atoms with E-state index in [0.717, 1.165) is 0 Å². The van der Waals surface area contributed by atoms with Gasteiger partial charge in [0.15, 0.2) is 0 Å². The second-order valence-corrected chi connectivity index (χ2v) is 5.03. The monoisotopic (exact) mass is 247 g/mol. The smallest absolute Gasteiger partial charge is 0.410 e. The zero-order chi connectivity index (χ0) is 12.8. The molecule has 1 aromatic carbocycles. The third-order valence-electron chi connectivity index (χ3n) is 3.66. The maximum atomic E-state index is 11.7. The highest BCUT2D eigenvalue weighted by molar-refractivity contribution is 5.70. The number of para-hydroxylation sites is 1. The van der Waals surface area contributed by atoms with Crippen molar-refractivity contribution < 1.29 is 9.53 Å². The van der Waals surface area contributed by atoms with Crippen molar-refractivity contribution in [1.29, 1.82) is 0 Å². The summed E-state index contributed by atoms with van der Waals surface area (Å²) in [4.78, 5) is 11.7. The second-order valence-electron chi connectivity index (χ2n) is 5.03. The first-order valence-corrected chi connectivity index (χ1v) is 6.79. The van der Waals surface area contributed by atoms with Crippen molar-refractivity contribution in [2.45, 2.75) is 45.1 Å². The summed E-state index contributed by atoms with van der Waals surface area (Å²) in [7, 11) is 0. The van der Waals surface area contributed by atoms with Crippen LogP contribution in [-0.4, -0.2) is 12.1 Å². The van der Waals surface area contributed by atoms with Crippen molar-refractivity contribution >= 4 is 6.09 Å². The summed E-state index contributed by atoms with van der Waals surface area (Å²) in [5.41, 5.74) is 0. The molecule has 98 valence electrons. The van der Waals surface area contributed by atoms with E-state index in [9.17, 15) is 4.79 Å². The predicted molar refractivity (Wildman–Crippen MR) is 71.6 cm³/mol. The maximum absolute atomic E-state index is 11.7. The van der Waals surface area contributed by atoms with Crippen LogP contribution in [0.5, 0.6) is 5.75 Å². The highest BCUT2D eigenvalue weighted by Crippen LogP contribution is 2.26. The summed E-state index contributed by atoms with van der Waals surface area (Å²) in [6.45, 7) is 2.07. The molecule has 0 saturated heterocycles. The van der Waals surface area contributed by atoms with Crippen LogP contribution >= 0.6 is 0 Å². The predicted octanol–water partition coefficient (Wildman–Crippen LogP) is 3.74. The minimum atomic E-state index is -0.348. The summed E-state index contributed by atoms with van der Waals surface area (Å²) in [5.74, 6) is 1.19. The van der Waals surface area contributed by atoms with Gasteiger partial charge in [-0.3, -0.25) is 0 Å². The summed E-state index contributed by atoms with van der Waals surface area (Å²) in [6.07, 6.45) is 5.98. The van der Waals surface area contributed by atoms with Gasteiger partial charge in [0.25, 0.3) is 0 Å². The van der Waals surface area contributed by atoms with Crippen LogP contribution in [0.2, 0.25) is 0 Å². The van der Waals surface area contributed by atoms with E-state index < -0.39 is 0 Å². The van der Waals surface area contributed by atoms with Gasteiger partial charge >= 0.3 is 6.09 Å². The Kier molecular flexibility index (Phi) is 4.62. The van der Waals surface area contributed by atoms with Crippen molar-refractivity contribution in [2.75, 3.05) is 0 Å². The first kappa shape index (κ1) is 12.9. The quantitative estimate of drug-likeness (QED) is 0.883. The van der Waals surface area contributed by atoms with E-state index in [1.54, 1.807) is 12.1 Å². The molecule has 3 heteroatoms. The van der Waals surface area contributed by atoms with Crippen molar-refractivity contribution in [3.63, 3.8) is 0 Å². The molecule has 0 aliphatic heterocycles. The Bertz CT molecular complexity index is 371. The van der Waals surface area contributed by atoms with Gasteiger partial charge in [0.05, 0.1) is 0 Å². The highest BCUT2D eigenvalue weighted by Gasteiger charge is 2.21. The molecule has 1 aromatic rings. The molecule has 0 heterocycles.